The molecule has 5 aromatic carbocycles. The number of hydrogen-bond donors (Lipinski definition) is 2. The van der Waals surface area contributed by atoms with Crippen LogP contribution in [0.15, 0.2) is 121 Å². The van der Waals surface area contributed by atoms with Crippen molar-refractivity contribution in [3.8, 4) is 5.75 Å². The second-order valence-electron chi connectivity index (χ2n) is 12.9. The fraction of sp³-hybridized carbons (Fsp3) is 0.256. The molecule has 266 valence electrons. The smallest absolute Gasteiger partial charge is 0.413 e. The van der Waals surface area contributed by atoms with Gasteiger partial charge in [-0.2, -0.15) is 0 Å². The number of piperidine rings is 1. The molecule has 1 aliphatic rings. The minimum absolute atomic E-state index is 0.00610. The fourth-order valence-corrected chi connectivity index (χ4v) is 6.40. The van der Waals surface area contributed by atoms with Crippen LogP contribution in [0.2, 0.25) is 0 Å². The molecule has 0 bridgehead atoms. The second-order valence-corrected chi connectivity index (χ2v) is 12.9. The van der Waals surface area contributed by atoms with E-state index in [4.69, 9.17) is 19.6 Å². The number of amides is 2. The molecule has 1 saturated heterocycles. The van der Waals surface area contributed by atoms with E-state index in [0.29, 0.717) is 31.5 Å². The van der Waals surface area contributed by atoms with Crippen molar-refractivity contribution < 1.29 is 28.6 Å². The van der Waals surface area contributed by atoms with Gasteiger partial charge >= 0.3 is 12.1 Å². The summed E-state index contributed by atoms with van der Waals surface area (Å²) in [5.41, 5.74) is 4.16. The highest BCUT2D eigenvalue weighted by molar-refractivity contribution is 6.06. The number of nitrogens with one attached hydrogen (secondary N) is 2. The first-order valence-electron chi connectivity index (χ1n) is 17.7. The maximum absolute atomic E-state index is 13.2. The summed E-state index contributed by atoms with van der Waals surface area (Å²) in [6.45, 7) is 3.49. The monoisotopic (exact) mass is 697 g/mol. The van der Waals surface area contributed by atoms with Crippen molar-refractivity contribution >= 4 is 34.6 Å². The molecule has 6 rings (SSSR count). The zero-order valence-corrected chi connectivity index (χ0v) is 29.3. The molecule has 1 unspecified atom stereocenters. The number of alkyl carbamates (subject to hydrolysis) is 1. The van der Waals surface area contributed by atoms with Crippen LogP contribution in [0.4, 0.5) is 4.79 Å². The van der Waals surface area contributed by atoms with Gasteiger partial charge in [-0.3, -0.25) is 20.3 Å². The molecule has 1 fully saturated rings. The molecule has 5 aromatic rings. The molecule has 1 aliphatic heterocycles. The van der Waals surface area contributed by atoms with E-state index < -0.39 is 12.0 Å². The van der Waals surface area contributed by atoms with Crippen LogP contribution < -0.4 is 10.1 Å². The van der Waals surface area contributed by atoms with E-state index in [9.17, 15) is 14.4 Å². The van der Waals surface area contributed by atoms with Gasteiger partial charge in [0.25, 0.3) is 0 Å². The SMILES string of the molecule is CCOC(=O)C(Cc1ccc2ccc(C(=N)NC(=O)OCc3ccccc3)cc2c1)c1ccc(OC2CCN(C(=O)Cc3ccccc3)CC2)cc1. The van der Waals surface area contributed by atoms with Gasteiger partial charge in [-0.25, -0.2) is 4.79 Å². The van der Waals surface area contributed by atoms with Gasteiger partial charge in [0, 0.05) is 31.5 Å². The van der Waals surface area contributed by atoms with Crippen molar-refractivity contribution in [2.24, 2.45) is 0 Å². The Kier molecular flexibility index (Phi) is 11.9. The lowest BCUT2D eigenvalue weighted by atomic mass is 9.91. The Hall–Kier alpha value is -5.96. The lowest BCUT2D eigenvalue weighted by Crippen LogP contribution is -2.42. The number of benzene rings is 5. The average molecular weight is 698 g/mol. The Morgan fingerprint density at radius 3 is 2.13 bits per heavy atom. The Morgan fingerprint density at radius 1 is 0.769 bits per heavy atom. The lowest BCUT2D eigenvalue weighted by Gasteiger charge is -2.32. The second kappa shape index (κ2) is 17.3. The Morgan fingerprint density at radius 2 is 1.44 bits per heavy atom. The third-order valence-corrected chi connectivity index (χ3v) is 9.22. The first-order chi connectivity index (χ1) is 25.3. The van der Waals surface area contributed by atoms with Gasteiger partial charge < -0.3 is 19.1 Å². The zero-order valence-electron chi connectivity index (χ0n) is 29.3. The third-order valence-electron chi connectivity index (χ3n) is 9.22. The fourth-order valence-electron chi connectivity index (χ4n) is 6.40. The number of rotatable bonds is 12. The summed E-state index contributed by atoms with van der Waals surface area (Å²) in [5, 5.41) is 12.8. The Balaban J connectivity index is 1.06. The van der Waals surface area contributed by atoms with Crippen LogP contribution in [0, 0.1) is 5.41 Å². The van der Waals surface area contributed by atoms with E-state index in [2.05, 4.69) is 5.32 Å². The van der Waals surface area contributed by atoms with Gasteiger partial charge in [0.2, 0.25) is 5.91 Å². The van der Waals surface area contributed by atoms with E-state index in [0.717, 1.165) is 51.6 Å². The van der Waals surface area contributed by atoms with Crippen LogP contribution in [0.1, 0.15) is 53.5 Å². The summed E-state index contributed by atoms with van der Waals surface area (Å²) >= 11 is 0. The van der Waals surface area contributed by atoms with Crippen LogP contribution in [0.3, 0.4) is 0 Å². The van der Waals surface area contributed by atoms with Gasteiger partial charge in [-0.05, 0) is 64.6 Å². The van der Waals surface area contributed by atoms with Crippen LogP contribution in [-0.2, 0) is 38.5 Å². The highest BCUT2D eigenvalue weighted by Gasteiger charge is 2.26. The quantitative estimate of drug-likeness (QED) is 0.0788. The van der Waals surface area contributed by atoms with Crippen LogP contribution in [0.25, 0.3) is 10.8 Å². The molecule has 9 nitrogen and oxygen atoms in total. The van der Waals surface area contributed by atoms with Crippen molar-refractivity contribution in [2.45, 2.75) is 51.2 Å². The van der Waals surface area contributed by atoms with Gasteiger partial charge in [0.05, 0.1) is 18.9 Å². The van der Waals surface area contributed by atoms with Crippen molar-refractivity contribution in [2.75, 3.05) is 19.7 Å². The summed E-state index contributed by atoms with van der Waals surface area (Å²) < 4.78 is 17.1. The van der Waals surface area contributed by atoms with E-state index >= 15 is 0 Å². The lowest BCUT2D eigenvalue weighted by molar-refractivity contribution is -0.145. The molecule has 0 aromatic heterocycles. The van der Waals surface area contributed by atoms with Crippen LogP contribution in [-0.4, -0.2) is 54.5 Å². The Bertz CT molecular complexity index is 1990. The summed E-state index contributed by atoms with van der Waals surface area (Å²) in [4.78, 5) is 40.3. The molecule has 2 N–H and O–H groups in total. The Labute approximate surface area is 304 Å². The number of carbonyl (C=O) groups is 3. The highest BCUT2D eigenvalue weighted by Crippen LogP contribution is 2.28. The number of esters is 1. The first-order valence-corrected chi connectivity index (χ1v) is 17.7. The van der Waals surface area contributed by atoms with Gasteiger partial charge in [-0.15, -0.1) is 0 Å². The highest BCUT2D eigenvalue weighted by atomic mass is 16.5. The van der Waals surface area contributed by atoms with E-state index in [1.807, 2.05) is 120 Å². The zero-order chi connectivity index (χ0) is 36.3. The largest absolute Gasteiger partial charge is 0.490 e. The number of nitrogens with zero attached hydrogens (tertiary/aromatic N) is 1. The van der Waals surface area contributed by atoms with E-state index in [1.165, 1.54) is 0 Å². The number of fused-ring (bicyclic) bond motifs is 1. The molecule has 0 aliphatic carbocycles. The molecule has 0 radical (unpaired) electrons. The molecule has 1 heterocycles. The van der Waals surface area contributed by atoms with Crippen LogP contribution in [0.5, 0.6) is 5.75 Å². The summed E-state index contributed by atoms with van der Waals surface area (Å²) in [6, 6.07) is 38.3. The number of ether oxygens (including phenoxy) is 3. The molecule has 52 heavy (non-hydrogen) atoms. The molecule has 0 saturated carbocycles. The predicted octanol–water partition coefficient (Wildman–Crippen LogP) is 7.59. The number of likely N-dealkylation sites (tertiary alicyclic amines) is 1. The van der Waals surface area contributed by atoms with Gasteiger partial charge in [0.15, 0.2) is 0 Å². The maximum Gasteiger partial charge on any atom is 0.413 e. The number of amidine groups is 1. The summed E-state index contributed by atoms with van der Waals surface area (Å²) in [5.74, 6) is -0.0534. The molecular weight excluding hydrogens is 654 g/mol. The first kappa shape index (κ1) is 35.9. The number of hydrogen-bond acceptors (Lipinski definition) is 7. The number of carbonyl (C=O) groups excluding carboxylic acids is 3. The van der Waals surface area contributed by atoms with E-state index in [1.54, 1.807) is 13.0 Å². The van der Waals surface area contributed by atoms with Crippen molar-refractivity contribution in [3.63, 3.8) is 0 Å². The van der Waals surface area contributed by atoms with Gasteiger partial charge in [-0.1, -0.05) is 103 Å². The summed E-state index contributed by atoms with van der Waals surface area (Å²) in [7, 11) is 0. The third kappa shape index (κ3) is 9.63. The normalized spacial score (nSPS) is 13.6. The predicted molar refractivity (Wildman–Crippen MR) is 200 cm³/mol. The topological polar surface area (TPSA) is 118 Å². The van der Waals surface area contributed by atoms with Crippen molar-refractivity contribution in [1.82, 2.24) is 10.2 Å². The van der Waals surface area contributed by atoms with Crippen LogP contribution >= 0.6 is 0 Å². The minimum atomic E-state index is -0.701. The average Bonchev–Trinajstić information content (AvgIpc) is 3.17. The molecule has 0 spiro atoms. The van der Waals surface area contributed by atoms with Gasteiger partial charge in [0.1, 0.15) is 24.3 Å². The molecule has 9 heteroatoms. The summed E-state index contributed by atoms with van der Waals surface area (Å²) in [6.07, 6.45) is 1.64. The van der Waals surface area contributed by atoms with E-state index in [-0.39, 0.29) is 37.0 Å². The van der Waals surface area contributed by atoms with Crippen molar-refractivity contribution in [1.29, 1.82) is 5.41 Å². The minimum Gasteiger partial charge on any atom is -0.490 e. The molecule has 1 atom stereocenters. The maximum atomic E-state index is 13.2. The molecular formula is C43H43N3O6. The molecule has 2 amide bonds. The standard InChI is InChI=1S/C43H43N3O6/c1-2-50-42(48)39(34-17-19-37(20-18-34)52-38-21-23-46(24-22-38)40(47)27-30-9-5-3-6-10-30)26-32-13-14-33-15-16-35(28-36(33)25-32)41(44)45-43(49)51-29-31-11-7-4-8-12-31/h3-20,25,28,38-39H,2,21-24,26-27,29H2,1H3,(H2,44,45,49). The van der Waals surface area contributed by atoms with Crippen molar-refractivity contribution in [3.05, 3.63) is 149 Å².